The minimum absolute atomic E-state index is 0.226. The van der Waals surface area contributed by atoms with Crippen molar-refractivity contribution in [1.29, 1.82) is 0 Å². The second kappa shape index (κ2) is 7.86. The Morgan fingerprint density at radius 1 is 1.16 bits per heavy atom. The number of nitrogens with zero attached hydrogens (tertiary/aromatic N) is 4. The summed E-state index contributed by atoms with van der Waals surface area (Å²) in [5.74, 6) is 0.244. The number of hydrogen-bond donors (Lipinski definition) is 1. The van der Waals surface area contributed by atoms with Gasteiger partial charge >= 0.3 is 6.09 Å². The lowest BCUT2D eigenvalue weighted by Gasteiger charge is -2.36. The summed E-state index contributed by atoms with van der Waals surface area (Å²) >= 11 is 0. The SMILES string of the molecule is Cc1nc2cc(N3CCN(C(=O)OC(C)(C)C)CC3)ccc2n1C1CCC(=O)NC1=O. The molecule has 2 aliphatic rings. The normalized spacial score (nSPS) is 20.2. The third-order valence-corrected chi connectivity index (χ3v) is 5.67. The van der Waals surface area contributed by atoms with Crippen LogP contribution >= 0.6 is 0 Å². The van der Waals surface area contributed by atoms with Crippen molar-refractivity contribution in [3.8, 4) is 0 Å². The number of amides is 3. The summed E-state index contributed by atoms with van der Waals surface area (Å²) in [7, 11) is 0. The van der Waals surface area contributed by atoms with Crippen LogP contribution in [0.15, 0.2) is 18.2 Å². The molecule has 0 bridgehead atoms. The topological polar surface area (TPSA) is 96.8 Å². The number of hydrogen-bond acceptors (Lipinski definition) is 6. The highest BCUT2D eigenvalue weighted by atomic mass is 16.6. The molecule has 0 saturated carbocycles. The zero-order valence-electron chi connectivity index (χ0n) is 18.5. The quantitative estimate of drug-likeness (QED) is 0.739. The standard InChI is InChI=1S/C22H29N5O4/c1-14-23-16-13-15(25-9-11-26(12-10-25)21(30)31-22(2,3)4)5-6-17(16)27(14)18-7-8-19(28)24-20(18)29/h5-6,13,18H,7-12H2,1-4H3,(H,24,28,29). The Labute approximate surface area is 181 Å². The van der Waals surface area contributed by atoms with Crippen molar-refractivity contribution >= 4 is 34.6 Å². The predicted octanol–water partition coefficient (Wildman–Crippen LogP) is 2.38. The number of carbonyl (C=O) groups is 3. The summed E-state index contributed by atoms with van der Waals surface area (Å²) in [6.07, 6.45) is 0.530. The van der Waals surface area contributed by atoms with E-state index in [-0.39, 0.29) is 17.9 Å². The Morgan fingerprint density at radius 3 is 2.52 bits per heavy atom. The summed E-state index contributed by atoms with van der Waals surface area (Å²) in [6, 6.07) is 5.60. The number of imidazole rings is 1. The van der Waals surface area contributed by atoms with Crippen LogP contribution in [0.3, 0.4) is 0 Å². The van der Waals surface area contributed by atoms with Gasteiger partial charge in [0.2, 0.25) is 11.8 Å². The van der Waals surface area contributed by atoms with Crippen LogP contribution in [0, 0.1) is 6.92 Å². The molecule has 0 aliphatic carbocycles. The molecule has 9 nitrogen and oxygen atoms in total. The molecule has 2 aliphatic heterocycles. The van der Waals surface area contributed by atoms with E-state index < -0.39 is 11.6 Å². The molecule has 166 valence electrons. The fourth-order valence-corrected chi connectivity index (χ4v) is 4.20. The van der Waals surface area contributed by atoms with Crippen LogP contribution in [-0.4, -0.2) is 64.1 Å². The Balaban J connectivity index is 1.49. The number of carbonyl (C=O) groups excluding carboxylic acids is 3. The minimum atomic E-state index is -0.502. The third-order valence-electron chi connectivity index (χ3n) is 5.67. The van der Waals surface area contributed by atoms with E-state index >= 15 is 0 Å². The number of rotatable bonds is 2. The first-order chi connectivity index (χ1) is 14.6. The fourth-order valence-electron chi connectivity index (χ4n) is 4.20. The number of piperazine rings is 1. The van der Waals surface area contributed by atoms with Gasteiger partial charge in [0.25, 0.3) is 0 Å². The van der Waals surface area contributed by atoms with Crippen molar-refractivity contribution in [1.82, 2.24) is 19.8 Å². The Hall–Kier alpha value is -3.10. The summed E-state index contributed by atoms with van der Waals surface area (Å²) in [6.45, 7) is 10.1. The second-order valence-corrected chi connectivity index (χ2v) is 9.12. The first-order valence-corrected chi connectivity index (χ1v) is 10.7. The van der Waals surface area contributed by atoms with E-state index in [9.17, 15) is 14.4 Å². The average Bonchev–Trinajstić information content (AvgIpc) is 3.02. The molecule has 1 aromatic heterocycles. The maximum Gasteiger partial charge on any atom is 0.410 e. The lowest BCUT2D eigenvalue weighted by molar-refractivity contribution is -0.135. The van der Waals surface area contributed by atoms with E-state index in [4.69, 9.17) is 4.74 Å². The summed E-state index contributed by atoms with van der Waals surface area (Å²) in [4.78, 5) is 44.8. The molecule has 1 aromatic carbocycles. The maximum atomic E-state index is 12.4. The number of nitrogens with one attached hydrogen (secondary N) is 1. The van der Waals surface area contributed by atoms with Gasteiger partial charge in [-0.2, -0.15) is 0 Å². The highest BCUT2D eigenvalue weighted by Crippen LogP contribution is 2.29. The van der Waals surface area contributed by atoms with Gasteiger partial charge in [-0.1, -0.05) is 0 Å². The molecule has 2 saturated heterocycles. The highest BCUT2D eigenvalue weighted by Gasteiger charge is 2.31. The van der Waals surface area contributed by atoms with Crippen LogP contribution in [0.4, 0.5) is 10.5 Å². The number of fused-ring (bicyclic) bond motifs is 1. The van der Waals surface area contributed by atoms with E-state index in [0.717, 1.165) is 22.5 Å². The summed E-state index contributed by atoms with van der Waals surface area (Å²) in [5, 5.41) is 2.42. The molecule has 4 rings (SSSR count). The highest BCUT2D eigenvalue weighted by molar-refractivity contribution is 6.00. The average molecular weight is 428 g/mol. The second-order valence-electron chi connectivity index (χ2n) is 9.12. The van der Waals surface area contributed by atoms with Crippen molar-refractivity contribution < 1.29 is 19.1 Å². The maximum absolute atomic E-state index is 12.4. The molecular formula is C22H29N5O4. The van der Waals surface area contributed by atoms with Crippen LogP contribution in [0.25, 0.3) is 11.0 Å². The predicted molar refractivity (Wildman–Crippen MR) is 116 cm³/mol. The zero-order chi connectivity index (χ0) is 22.3. The van der Waals surface area contributed by atoms with Gasteiger partial charge in [-0.15, -0.1) is 0 Å². The number of aryl methyl sites for hydroxylation is 1. The van der Waals surface area contributed by atoms with Crippen molar-refractivity contribution in [2.45, 2.75) is 52.2 Å². The molecule has 9 heteroatoms. The van der Waals surface area contributed by atoms with Crippen molar-refractivity contribution in [3.63, 3.8) is 0 Å². The fraction of sp³-hybridized carbons (Fsp3) is 0.545. The number of piperidine rings is 1. The third kappa shape index (κ3) is 4.35. The van der Waals surface area contributed by atoms with Gasteiger partial charge < -0.3 is 19.1 Å². The summed E-state index contributed by atoms with van der Waals surface area (Å²) < 4.78 is 7.38. The Bertz CT molecular complexity index is 1030. The number of anilines is 1. The summed E-state index contributed by atoms with van der Waals surface area (Å²) in [5.41, 5.74) is 2.22. The molecule has 31 heavy (non-hydrogen) atoms. The smallest absolute Gasteiger partial charge is 0.410 e. The monoisotopic (exact) mass is 427 g/mol. The van der Waals surface area contributed by atoms with Crippen LogP contribution in [0.2, 0.25) is 0 Å². The van der Waals surface area contributed by atoms with Gasteiger partial charge in [-0.25, -0.2) is 9.78 Å². The van der Waals surface area contributed by atoms with Gasteiger partial charge in [0.05, 0.1) is 11.0 Å². The van der Waals surface area contributed by atoms with E-state index in [2.05, 4.69) is 15.2 Å². The Morgan fingerprint density at radius 2 is 1.87 bits per heavy atom. The molecule has 1 N–H and O–H groups in total. The van der Waals surface area contributed by atoms with Gasteiger partial charge in [0.15, 0.2) is 0 Å². The molecule has 2 fully saturated rings. The van der Waals surface area contributed by atoms with E-state index in [0.29, 0.717) is 39.0 Å². The number of ether oxygens (including phenoxy) is 1. The van der Waals surface area contributed by atoms with E-state index in [1.54, 1.807) is 4.90 Å². The zero-order valence-corrected chi connectivity index (χ0v) is 18.5. The molecule has 0 radical (unpaired) electrons. The molecule has 1 unspecified atom stereocenters. The largest absolute Gasteiger partial charge is 0.444 e. The lowest BCUT2D eigenvalue weighted by Crippen LogP contribution is -2.50. The van der Waals surface area contributed by atoms with Crippen molar-refractivity contribution in [2.24, 2.45) is 0 Å². The van der Waals surface area contributed by atoms with Crippen LogP contribution in [0.5, 0.6) is 0 Å². The van der Waals surface area contributed by atoms with Gasteiger partial charge in [-0.05, 0) is 52.3 Å². The lowest BCUT2D eigenvalue weighted by atomic mass is 10.1. The van der Waals surface area contributed by atoms with Crippen molar-refractivity contribution in [2.75, 3.05) is 31.1 Å². The van der Waals surface area contributed by atoms with E-state index in [1.807, 2.05) is 50.5 Å². The molecule has 1 atom stereocenters. The first-order valence-electron chi connectivity index (χ1n) is 10.7. The minimum Gasteiger partial charge on any atom is -0.444 e. The number of aromatic nitrogens is 2. The molecule has 2 aromatic rings. The number of benzene rings is 1. The molecular weight excluding hydrogens is 398 g/mol. The van der Waals surface area contributed by atoms with Gasteiger partial charge in [-0.3, -0.25) is 14.9 Å². The Kier molecular flexibility index (Phi) is 5.36. The molecule has 3 amide bonds. The van der Waals surface area contributed by atoms with E-state index in [1.165, 1.54) is 0 Å². The van der Waals surface area contributed by atoms with Gasteiger partial charge in [0.1, 0.15) is 17.5 Å². The first kappa shape index (κ1) is 21.1. The van der Waals surface area contributed by atoms with Crippen LogP contribution in [0.1, 0.15) is 45.5 Å². The molecule has 0 spiro atoms. The van der Waals surface area contributed by atoms with Crippen molar-refractivity contribution in [3.05, 3.63) is 24.0 Å². The van der Waals surface area contributed by atoms with Crippen LogP contribution in [-0.2, 0) is 14.3 Å². The van der Waals surface area contributed by atoms with Gasteiger partial charge in [0, 0.05) is 38.3 Å². The number of imide groups is 1. The molecule has 3 heterocycles. The van der Waals surface area contributed by atoms with Crippen LogP contribution < -0.4 is 10.2 Å².